The third-order valence-electron chi connectivity index (χ3n) is 2.70. The van der Waals surface area contributed by atoms with E-state index in [1.54, 1.807) is 24.4 Å². The van der Waals surface area contributed by atoms with E-state index in [0.717, 1.165) is 14.9 Å². The van der Waals surface area contributed by atoms with Crippen LogP contribution in [0.2, 0.25) is 5.15 Å². The largest absolute Gasteiger partial charge is 0.488 e. The van der Waals surface area contributed by atoms with Gasteiger partial charge in [0.1, 0.15) is 17.5 Å². The minimum Gasteiger partial charge on any atom is -0.488 e. The number of rotatable bonds is 6. The van der Waals surface area contributed by atoms with Gasteiger partial charge in [0.25, 0.3) is 5.91 Å². The van der Waals surface area contributed by atoms with Gasteiger partial charge in [-0.1, -0.05) is 24.3 Å². The van der Waals surface area contributed by atoms with Crippen molar-refractivity contribution in [2.45, 2.75) is 0 Å². The minimum atomic E-state index is -0.417. The second-order valence-electron chi connectivity index (χ2n) is 4.33. The van der Waals surface area contributed by atoms with Gasteiger partial charge in [0, 0.05) is 6.20 Å². The van der Waals surface area contributed by atoms with Gasteiger partial charge in [-0.25, -0.2) is 10.4 Å². The lowest BCUT2D eigenvalue weighted by molar-refractivity contribution is 0.0955. The summed E-state index contributed by atoms with van der Waals surface area (Å²) in [7, 11) is 0. The molecule has 1 N–H and O–H groups in total. The molecule has 5 nitrogen and oxygen atoms in total. The number of pyridine rings is 1. The zero-order valence-electron chi connectivity index (χ0n) is 12.0. The number of nitrogens with zero attached hydrogens (tertiary/aromatic N) is 2. The van der Waals surface area contributed by atoms with Gasteiger partial charge in [-0.2, -0.15) is 5.10 Å². The molecule has 1 heterocycles. The number of hydrogen-bond acceptors (Lipinski definition) is 4. The van der Waals surface area contributed by atoms with Crippen molar-refractivity contribution in [3.8, 4) is 5.75 Å². The molecular weight excluding hydrogens is 429 g/mol. The second-order valence-corrected chi connectivity index (χ2v) is 5.85. The summed E-state index contributed by atoms with van der Waals surface area (Å²) in [5.74, 6) is 0.355. The molecule has 1 aromatic carbocycles. The van der Waals surface area contributed by atoms with E-state index in [1.165, 1.54) is 6.20 Å². The molecule has 7 heteroatoms. The van der Waals surface area contributed by atoms with E-state index in [2.05, 4.69) is 44.7 Å². The van der Waals surface area contributed by atoms with E-state index in [4.69, 9.17) is 16.3 Å². The van der Waals surface area contributed by atoms with Gasteiger partial charge in [0.2, 0.25) is 0 Å². The highest BCUT2D eigenvalue weighted by Crippen LogP contribution is 2.21. The molecule has 0 unspecified atom stereocenters. The second kappa shape index (κ2) is 8.64. The SMILES string of the molecule is C=CCOc1ccc(C=NNC(=O)c2cccnc2Cl)cc1I. The van der Waals surface area contributed by atoms with Crippen LogP contribution in [0.5, 0.6) is 5.75 Å². The molecular formula is C16H13ClIN3O2. The standard InChI is InChI=1S/C16H13ClIN3O2/c1-2-8-23-14-6-5-11(9-13(14)18)10-20-21-16(22)12-4-3-7-19-15(12)17/h2-7,9-10H,1,8H2,(H,21,22). The Morgan fingerprint density at radius 3 is 3.00 bits per heavy atom. The molecule has 0 fully saturated rings. The first-order chi connectivity index (χ1) is 11.1. The molecule has 1 aromatic heterocycles. The molecule has 1 amide bonds. The van der Waals surface area contributed by atoms with Gasteiger partial charge in [-0.15, -0.1) is 0 Å². The summed E-state index contributed by atoms with van der Waals surface area (Å²) < 4.78 is 6.43. The summed E-state index contributed by atoms with van der Waals surface area (Å²) in [5, 5.41) is 4.06. The molecule has 118 valence electrons. The fraction of sp³-hybridized carbons (Fsp3) is 0.0625. The van der Waals surface area contributed by atoms with Crippen molar-refractivity contribution < 1.29 is 9.53 Å². The van der Waals surface area contributed by atoms with Gasteiger partial charge >= 0.3 is 0 Å². The number of carbonyl (C=O) groups is 1. The van der Waals surface area contributed by atoms with Gasteiger partial charge in [0.05, 0.1) is 15.3 Å². The number of amides is 1. The third-order valence-corrected chi connectivity index (χ3v) is 3.84. The quantitative estimate of drug-likeness (QED) is 0.245. The zero-order valence-corrected chi connectivity index (χ0v) is 14.9. The van der Waals surface area contributed by atoms with Crippen LogP contribution in [0, 0.1) is 3.57 Å². The first-order valence-corrected chi connectivity index (χ1v) is 8.04. The Labute approximate surface area is 152 Å². The van der Waals surface area contributed by atoms with Crippen LogP contribution in [0.3, 0.4) is 0 Å². The molecule has 0 atom stereocenters. The van der Waals surface area contributed by atoms with Crippen molar-refractivity contribution >= 4 is 46.3 Å². The maximum atomic E-state index is 11.9. The molecule has 2 aromatic rings. The Morgan fingerprint density at radius 2 is 2.30 bits per heavy atom. The summed E-state index contributed by atoms with van der Waals surface area (Å²) in [6.45, 7) is 4.06. The maximum absolute atomic E-state index is 11.9. The predicted molar refractivity (Wildman–Crippen MR) is 99.2 cm³/mol. The van der Waals surface area contributed by atoms with Crippen LogP contribution in [0.1, 0.15) is 15.9 Å². The van der Waals surface area contributed by atoms with Crippen LogP contribution >= 0.6 is 34.2 Å². The van der Waals surface area contributed by atoms with Crippen molar-refractivity contribution in [2.75, 3.05) is 6.61 Å². The van der Waals surface area contributed by atoms with Crippen LogP contribution in [0.25, 0.3) is 0 Å². The van der Waals surface area contributed by atoms with E-state index in [0.29, 0.717) is 6.61 Å². The van der Waals surface area contributed by atoms with Crippen molar-refractivity contribution in [1.82, 2.24) is 10.4 Å². The van der Waals surface area contributed by atoms with Gasteiger partial charge in [0.15, 0.2) is 0 Å². The lowest BCUT2D eigenvalue weighted by atomic mass is 10.2. The number of aromatic nitrogens is 1. The van der Waals surface area contributed by atoms with E-state index in [1.807, 2.05) is 18.2 Å². The van der Waals surface area contributed by atoms with Crippen LogP contribution in [-0.4, -0.2) is 23.7 Å². The smallest absolute Gasteiger partial charge is 0.274 e. The number of hydrogen-bond donors (Lipinski definition) is 1. The fourth-order valence-electron chi connectivity index (χ4n) is 1.64. The molecule has 0 aliphatic heterocycles. The highest BCUT2D eigenvalue weighted by atomic mass is 127. The molecule has 0 saturated carbocycles. The number of benzene rings is 1. The average Bonchev–Trinajstić information content (AvgIpc) is 2.54. The molecule has 2 rings (SSSR count). The molecule has 0 saturated heterocycles. The summed E-state index contributed by atoms with van der Waals surface area (Å²) in [5.41, 5.74) is 3.52. The molecule has 0 aliphatic carbocycles. The van der Waals surface area contributed by atoms with E-state index in [-0.39, 0.29) is 10.7 Å². The van der Waals surface area contributed by atoms with Gasteiger partial charge < -0.3 is 4.74 Å². The van der Waals surface area contributed by atoms with Crippen LogP contribution in [0.4, 0.5) is 0 Å². The van der Waals surface area contributed by atoms with Gasteiger partial charge in [-0.3, -0.25) is 4.79 Å². The molecule has 0 spiro atoms. The van der Waals surface area contributed by atoms with E-state index in [9.17, 15) is 4.79 Å². The van der Waals surface area contributed by atoms with Crippen molar-refractivity contribution in [3.05, 3.63) is 69.0 Å². The zero-order chi connectivity index (χ0) is 16.7. The van der Waals surface area contributed by atoms with Crippen LogP contribution < -0.4 is 10.2 Å². The molecule has 0 bridgehead atoms. The number of nitrogens with one attached hydrogen (secondary N) is 1. The molecule has 0 aliphatic rings. The first-order valence-electron chi connectivity index (χ1n) is 6.59. The first kappa shape index (κ1) is 17.4. The topological polar surface area (TPSA) is 63.6 Å². The highest BCUT2D eigenvalue weighted by Gasteiger charge is 2.09. The summed E-state index contributed by atoms with van der Waals surface area (Å²) in [6.07, 6.45) is 4.74. The Balaban J connectivity index is 2.00. The normalized spacial score (nSPS) is 10.5. The van der Waals surface area contributed by atoms with Crippen molar-refractivity contribution in [2.24, 2.45) is 5.10 Å². The van der Waals surface area contributed by atoms with Crippen molar-refractivity contribution in [1.29, 1.82) is 0 Å². The Kier molecular flexibility index (Phi) is 6.54. The number of hydrazone groups is 1. The summed E-state index contributed by atoms with van der Waals surface area (Å²) >= 11 is 8.02. The van der Waals surface area contributed by atoms with E-state index >= 15 is 0 Å². The van der Waals surface area contributed by atoms with Gasteiger partial charge in [-0.05, 0) is 58.5 Å². The Bertz CT molecular complexity index is 750. The van der Waals surface area contributed by atoms with Crippen LogP contribution in [-0.2, 0) is 0 Å². The Morgan fingerprint density at radius 1 is 1.48 bits per heavy atom. The number of halogens is 2. The lowest BCUT2D eigenvalue weighted by Crippen LogP contribution is -2.18. The third kappa shape index (κ3) is 5.04. The lowest BCUT2D eigenvalue weighted by Gasteiger charge is -2.06. The predicted octanol–water partition coefficient (Wildman–Crippen LogP) is 3.67. The molecule has 23 heavy (non-hydrogen) atoms. The summed E-state index contributed by atoms with van der Waals surface area (Å²) in [6, 6.07) is 8.79. The molecule has 0 radical (unpaired) electrons. The minimum absolute atomic E-state index is 0.137. The summed E-state index contributed by atoms with van der Waals surface area (Å²) in [4.78, 5) is 15.8. The van der Waals surface area contributed by atoms with E-state index < -0.39 is 5.91 Å². The fourth-order valence-corrected chi connectivity index (χ4v) is 2.54. The monoisotopic (exact) mass is 441 g/mol. The van der Waals surface area contributed by atoms with Crippen molar-refractivity contribution in [3.63, 3.8) is 0 Å². The Hall–Kier alpha value is -1.93. The highest BCUT2D eigenvalue weighted by molar-refractivity contribution is 14.1. The average molecular weight is 442 g/mol. The maximum Gasteiger partial charge on any atom is 0.274 e. The number of carbonyl (C=O) groups excluding carboxylic acids is 1. The van der Waals surface area contributed by atoms with Crippen LogP contribution in [0.15, 0.2) is 54.3 Å². The number of ether oxygens (including phenoxy) is 1.